The number of halogens is 1. The van der Waals surface area contributed by atoms with Crippen LogP contribution < -0.4 is 15.0 Å². The summed E-state index contributed by atoms with van der Waals surface area (Å²) in [6, 6.07) is 6.24. The minimum Gasteiger partial charge on any atom is -0.497 e. The van der Waals surface area contributed by atoms with Crippen LogP contribution in [0.5, 0.6) is 11.5 Å². The van der Waals surface area contributed by atoms with E-state index in [2.05, 4.69) is 15.1 Å². The summed E-state index contributed by atoms with van der Waals surface area (Å²) in [7, 11) is 4.67. The van der Waals surface area contributed by atoms with Crippen molar-refractivity contribution in [1.29, 1.82) is 0 Å². The Kier molecular flexibility index (Phi) is 7.05. The SMILES string of the molecule is COc1cc(N=c2ccc3ncc(-c4cnn(C)c4)nc3n2CC2CCC(=O)N2CCO)c(F)c(OC)c1. The molecule has 1 aliphatic heterocycles. The Hall–Kier alpha value is -4.32. The van der Waals surface area contributed by atoms with Gasteiger partial charge in [0.25, 0.3) is 0 Å². The lowest BCUT2D eigenvalue weighted by atomic mass is 10.2. The average molecular weight is 522 g/mol. The number of amides is 1. The smallest absolute Gasteiger partial charge is 0.223 e. The quantitative estimate of drug-likeness (QED) is 0.378. The van der Waals surface area contributed by atoms with E-state index in [4.69, 9.17) is 14.5 Å². The fourth-order valence-corrected chi connectivity index (χ4v) is 4.67. The molecule has 3 aromatic heterocycles. The minimum absolute atomic E-state index is 0.00426. The van der Waals surface area contributed by atoms with E-state index in [-0.39, 0.29) is 36.5 Å². The number of carbonyl (C=O) groups is 1. The second-order valence-corrected chi connectivity index (χ2v) is 8.95. The molecule has 4 aromatic rings. The number of hydrogen-bond acceptors (Lipinski definition) is 8. The van der Waals surface area contributed by atoms with Crippen molar-refractivity contribution in [2.24, 2.45) is 12.0 Å². The van der Waals surface area contributed by atoms with Crippen molar-refractivity contribution in [3.05, 3.63) is 54.2 Å². The molecule has 38 heavy (non-hydrogen) atoms. The zero-order chi connectivity index (χ0) is 26.8. The van der Waals surface area contributed by atoms with E-state index >= 15 is 4.39 Å². The Labute approximate surface area is 217 Å². The van der Waals surface area contributed by atoms with Gasteiger partial charge in [0.15, 0.2) is 17.2 Å². The third-order valence-corrected chi connectivity index (χ3v) is 6.58. The van der Waals surface area contributed by atoms with Crippen LogP contribution in [0.4, 0.5) is 10.1 Å². The third kappa shape index (κ3) is 4.82. The molecule has 0 bridgehead atoms. The number of pyridine rings is 1. The summed E-state index contributed by atoms with van der Waals surface area (Å²) >= 11 is 0. The maximum atomic E-state index is 15.2. The van der Waals surface area contributed by atoms with Crippen LogP contribution in [0.15, 0.2) is 47.8 Å². The number of benzene rings is 1. The summed E-state index contributed by atoms with van der Waals surface area (Å²) in [6.07, 6.45) is 6.20. The third-order valence-electron chi connectivity index (χ3n) is 6.58. The highest BCUT2D eigenvalue weighted by Gasteiger charge is 2.31. The van der Waals surface area contributed by atoms with Crippen LogP contribution in [0.2, 0.25) is 0 Å². The van der Waals surface area contributed by atoms with E-state index in [1.54, 1.807) is 34.1 Å². The molecule has 0 spiro atoms. The van der Waals surface area contributed by atoms with Crippen LogP contribution in [0.3, 0.4) is 0 Å². The first-order valence-electron chi connectivity index (χ1n) is 12.1. The molecule has 1 atom stereocenters. The molecule has 4 heterocycles. The van der Waals surface area contributed by atoms with E-state index in [0.29, 0.717) is 47.5 Å². The molecule has 5 rings (SSSR count). The largest absolute Gasteiger partial charge is 0.497 e. The average Bonchev–Trinajstić information content (AvgIpc) is 3.51. The fraction of sp³-hybridized carbons (Fsp3) is 0.346. The summed E-state index contributed by atoms with van der Waals surface area (Å²) in [5.41, 5.74) is 2.97. The highest BCUT2D eigenvalue weighted by molar-refractivity contribution is 5.79. The van der Waals surface area contributed by atoms with Crippen LogP contribution in [0.25, 0.3) is 22.4 Å². The molecule has 1 aliphatic rings. The topological polar surface area (TPSA) is 120 Å². The van der Waals surface area contributed by atoms with Gasteiger partial charge in [0.1, 0.15) is 22.4 Å². The lowest BCUT2D eigenvalue weighted by Gasteiger charge is -2.25. The second-order valence-electron chi connectivity index (χ2n) is 8.95. The predicted molar refractivity (Wildman–Crippen MR) is 136 cm³/mol. The summed E-state index contributed by atoms with van der Waals surface area (Å²) in [6.45, 7) is 0.422. The van der Waals surface area contributed by atoms with Crippen LogP contribution in [0, 0.1) is 5.82 Å². The van der Waals surface area contributed by atoms with Crippen molar-refractivity contribution in [3.8, 4) is 22.8 Å². The maximum absolute atomic E-state index is 15.2. The monoisotopic (exact) mass is 521 g/mol. The number of nitrogens with zero attached hydrogens (tertiary/aromatic N) is 7. The number of carbonyl (C=O) groups excluding carboxylic acids is 1. The van der Waals surface area contributed by atoms with E-state index in [1.807, 2.05) is 17.8 Å². The normalized spacial score (nSPS) is 16.0. The number of hydrogen-bond donors (Lipinski definition) is 1. The number of aliphatic hydroxyl groups is 1. The number of β-amino-alcohol motifs (C(OH)–C–C–N with tert-alkyl or cyclic N) is 1. The predicted octanol–water partition coefficient (Wildman–Crippen LogP) is 2.20. The molecular formula is C26H28FN7O4. The van der Waals surface area contributed by atoms with Crippen molar-refractivity contribution >= 4 is 22.8 Å². The van der Waals surface area contributed by atoms with Gasteiger partial charge in [0, 0.05) is 50.5 Å². The molecule has 0 radical (unpaired) electrons. The molecule has 0 aliphatic carbocycles. The fourth-order valence-electron chi connectivity index (χ4n) is 4.67. The standard InChI is InChI=1S/C26H28FN7O4/c1-32-14-16(12-29-32)21-13-28-19-5-6-23(30-20-10-18(37-2)11-22(38-3)25(20)27)34(26(19)31-21)15-17-4-7-24(36)33(17)8-9-35/h5-6,10-14,17,35H,4,7-9,15H2,1-3H3. The molecule has 1 fully saturated rings. The lowest BCUT2D eigenvalue weighted by Crippen LogP contribution is -2.40. The van der Waals surface area contributed by atoms with Gasteiger partial charge in [-0.2, -0.15) is 5.10 Å². The van der Waals surface area contributed by atoms with Gasteiger partial charge in [-0.1, -0.05) is 0 Å². The Morgan fingerprint density at radius 3 is 2.76 bits per heavy atom. The Morgan fingerprint density at radius 2 is 2.05 bits per heavy atom. The molecule has 1 saturated heterocycles. The number of aliphatic hydroxyl groups excluding tert-OH is 1. The number of aryl methyl sites for hydroxylation is 1. The Morgan fingerprint density at radius 1 is 1.21 bits per heavy atom. The second kappa shape index (κ2) is 10.6. The number of likely N-dealkylation sites (tertiary alicyclic amines) is 1. The first-order valence-corrected chi connectivity index (χ1v) is 12.1. The Bertz CT molecular complexity index is 1570. The van der Waals surface area contributed by atoms with Crippen LogP contribution in [-0.4, -0.2) is 73.6 Å². The molecule has 0 saturated carbocycles. The molecule has 1 aromatic carbocycles. The number of aromatic nitrogens is 5. The van der Waals surface area contributed by atoms with Crippen LogP contribution in [-0.2, 0) is 18.4 Å². The highest BCUT2D eigenvalue weighted by atomic mass is 19.1. The van der Waals surface area contributed by atoms with Gasteiger partial charge in [-0.3, -0.25) is 14.5 Å². The zero-order valence-corrected chi connectivity index (χ0v) is 21.3. The first-order chi connectivity index (χ1) is 18.4. The lowest BCUT2D eigenvalue weighted by molar-refractivity contribution is -0.129. The van der Waals surface area contributed by atoms with E-state index in [9.17, 15) is 9.90 Å². The van der Waals surface area contributed by atoms with E-state index in [1.165, 1.54) is 26.4 Å². The van der Waals surface area contributed by atoms with Gasteiger partial charge in [-0.25, -0.2) is 14.4 Å². The zero-order valence-electron chi connectivity index (χ0n) is 21.3. The summed E-state index contributed by atoms with van der Waals surface area (Å²) in [5.74, 6) is -0.254. The van der Waals surface area contributed by atoms with Gasteiger partial charge < -0.3 is 24.0 Å². The summed E-state index contributed by atoms with van der Waals surface area (Å²) in [5, 5.41) is 13.8. The van der Waals surface area contributed by atoms with Crippen LogP contribution >= 0.6 is 0 Å². The van der Waals surface area contributed by atoms with Gasteiger partial charge in [0.05, 0.1) is 45.0 Å². The molecule has 11 nitrogen and oxygen atoms in total. The van der Waals surface area contributed by atoms with Gasteiger partial charge in [-0.05, 0) is 18.6 Å². The van der Waals surface area contributed by atoms with E-state index < -0.39 is 5.82 Å². The molecule has 1 N–H and O–H groups in total. The van der Waals surface area contributed by atoms with E-state index in [0.717, 1.165) is 5.56 Å². The molecule has 12 heteroatoms. The Balaban J connectivity index is 1.72. The first kappa shape index (κ1) is 25.3. The number of ether oxygens (including phenoxy) is 2. The number of fused-ring (bicyclic) bond motifs is 1. The molecule has 1 amide bonds. The van der Waals surface area contributed by atoms with Gasteiger partial charge in [0.2, 0.25) is 5.91 Å². The van der Waals surface area contributed by atoms with Crippen molar-refractivity contribution in [1.82, 2.24) is 29.2 Å². The summed E-state index contributed by atoms with van der Waals surface area (Å²) in [4.78, 5) is 28.3. The van der Waals surface area contributed by atoms with Crippen molar-refractivity contribution in [2.45, 2.75) is 25.4 Å². The minimum atomic E-state index is -0.631. The van der Waals surface area contributed by atoms with Crippen molar-refractivity contribution in [3.63, 3.8) is 0 Å². The van der Waals surface area contributed by atoms with Crippen molar-refractivity contribution in [2.75, 3.05) is 27.4 Å². The summed E-state index contributed by atoms with van der Waals surface area (Å²) < 4.78 is 29.2. The highest BCUT2D eigenvalue weighted by Crippen LogP contribution is 2.32. The number of rotatable bonds is 8. The van der Waals surface area contributed by atoms with Gasteiger partial charge in [-0.15, -0.1) is 0 Å². The maximum Gasteiger partial charge on any atom is 0.223 e. The molecular weight excluding hydrogens is 493 g/mol. The van der Waals surface area contributed by atoms with Gasteiger partial charge >= 0.3 is 0 Å². The molecule has 1 unspecified atom stereocenters. The molecule has 198 valence electrons. The number of methoxy groups -OCH3 is 2. The van der Waals surface area contributed by atoms with Crippen LogP contribution in [0.1, 0.15) is 12.8 Å². The van der Waals surface area contributed by atoms with Crippen molar-refractivity contribution < 1.29 is 23.8 Å².